The summed E-state index contributed by atoms with van der Waals surface area (Å²) >= 11 is 0. The Morgan fingerprint density at radius 2 is 2.36 bits per heavy atom. The van der Waals surface area contributed by atoms with E-state index in [9.17, 15) is 5.11 Å². The van der Waals surface area contributed by atoms with E-state index in [0.29, 0.717) is 11.3 Å². The maximum absolute atomic E-state index is 9.70. The van der Waals surface area contributed by atoms with Crippen LogP contribution in [-0.2, 0) is 0 Å². The second-order valence-corrected chi connectivity index (χ2v) is 4.21. The number of hydrogen-bond donors (Lipinski definition) is 1. The van der Waals surface area contributed by atoms with E-state index in [1.165, 1.54) is 12.8 Å². The molecule has 3 atom stereocenters. The van der Waals surface area contributed by atoms with E-state index in [-0.39, 0.29) is 6.10 Å². The summed E-state index contributed by atoms with van der Waals surface area (Å²) in [5.41, 5.74) is 0.331. The number of rotatable bonds is 0. The Balaban J connectivity index is 2.20. The molecule has 0 heterocycles. The zero-order valence-electron chi connectivity index (χ0n) is 7.09. The summed E-state index contributed by atoms with van der Waals surface area (Å²) in [5.74, 6) is 0.524. The highest BCUT2D eigenvalue weighted by molar-refractivity contribution is 5.12. The monoisotopic (exact) mass is 152 g/mol. The van der Waals surface area contributed by atoms with E-state index < -0.39 is 0 Å². The number of hydrogen-bond acceptors (Lipinski definition) is 1. The first-order valence-corrected chi connectivity index (χ1v) is 4.58. The van der Waals surface area contributed by atoms with Crippen molar-refractivity contribution in [2.75, 3.05) is 0 Å². The molecular weight excluding hydrogens is 136 g/mol. The number of aliphatic hydroxyl groups is 1. The molecule has 0 aromatic carbocycles. The Morgan fingerprint density at radius 1 is 1.55 bits per heavy atom. The lowest BCUT2D eigenvalue weighted by Crippen LogP contribution is -2.36. The fourth-order valence-corrected chi connectivity index (χ4v) is 2.64. The van der Waals surface area contributed by atoms with Gasteiger partial charge in [-0.15, -0.1) is 0 Å². The molecule has 0 saturated heterocycles. The van der Waals surface area contributed by atoms with Crippen LogP contribution in [-0.4, -0.2) is 11.2 Å². The highest BCUT2D eigenvalue weighted by Crippen LogP contribution is 2.47. The van der Waals surface area contributed by atoms with Gasteiger partial charge in [-0.1, -0.05) is 25.5 Å². The molecule has 2 aliphatic carbocycles. The Labute approximate surface area is 68.1 Å². The van der Waals surface area contributed by atoms with Gasteiger partial charge in [0.1, 0.15) is 0 Å². The molecule has 2 rings (SSSR count). The van der Waals surface area contributed by atoms with Crippen molar-refractivity contribution in [1.29, 1.82) is 0 Å². The smallest absolute Gasteiger partial charge is 0.0579 e. The summed E-state index contributed by atoms with van der Waals surface area (Å²) in [6.07, 6.45) is 9.08. The van der Waals surface area contributed by atoms with Gasteiger partial charge < -0.3 is 5.11 Å². The average Bonchev–Trinajstić information content (AvgIpc) is 2.31. The van der Waals surface area contributed by atoms with Crippen molar-refractivity contribution in [3.63, 3.8) is 0 Å². The molecule has 1 heteroatoms. The number of fused-ring (bicyclic) bond motifs is 1. The lowest BCUT2D eigenvalue weighted by molar-refractivity contribution is 0.0156. The second-order valence-electron chi connectivity index (χ2n) is 4.21. The molecule has 0 bridgehead atoms. The highest BCUT2D eigenvalue weighted by Gasteiger charge is 2.41. The Morgan fingerprint density at radius 3 is 3.09 bits per heavy atom. The third-order valence-corrected chi connectivity index (χ3v) is 3.42. The molecule has 0 radical (unpaired) electrons. The van der Waals surface area contributed by atoms with Gasteiger partial charge in [0.25, 0.3) is 0 Å². The first kappa shape index (κ1) is 7.35. The predicted molar refractivity (Wildman–Crippen MR) is 45.2 cm³/mol. The van der Waals surface area contributed by atoms with Crippen molar-refractivity contribution >= 4 is 0 Å². The predicted octanol–water partition coefficient (Wildman–Crippen LogP) is 2.11. The van der Waals surface area contributed by atoms with Crippen LogP contribution < -0.4 is 0 Å². The summed E-state index contributed by atoms with van der Waals surface area (Å²) in [4.78, 5) is 0. The quantitative estimate of drug-likeness (QED) is 0.527. The molecule has 0 amide bonds. The van der Waals surface area contributed by atoms with Gasteiger partial charge in [-0.05, 0) is 30.6 Å². The van der Waals surface area contributed by atoms with Gasteiger partial charge in [-0.2, -0.15) is 0 Å². The highest BCUT2D eigenvalue weighted by atomic mass is 16.3. The minimum absolute atomic E-state index is 0.0382. The van der Waals surface area contributed by atoms with Crippen LogP contribution in [0.3, 0.4) is 0 Å². The molecule has 2 aliphatic rings. The van der Waals surface area contributed by atoms with Gasteiger partial charge in [0.15, 0.2) is 0 Å². The molecule has 0 aromatic heterocycles. The van der Waals surface area contributed by atoms with Crippen molar-refractivity contribution in [2.45, 2.75) is 38.7 Å². The minimum Gasteiger partial charge on any atom is -0.393 e. The Bertz CT molecular complexity index is 185. The van der Waals surface area contributed by atoms with Crippen molar-refractivity contribution in [3.8, 4) is 0 Å². The van der Waals surface area contributed by atoms with E-state index in [0.717, 1.165) is 12.8 Å². The average molecular weight is 152 g/mol. The fraction of sp³-hybridized carbons (Fsp3) is 0.800. The summed E-state index contributed by atoms with van der Waals surface area (Å²) in [6.45, 7) is 2.28. The largest absolute Gasteiger partial charge is 0.393 e. The summed E-state index contributed by atoms with van der Waals surface area (Å²) in [6, 6.07) is 0. The number of aliphatic hydroxyl groups excluding tert-OH is 1. The van der Waals surface area contributed by atoms with Gasteiger partial charge in [0, 0.05) is 0 Å². The first-order chi connectivity index (χ1) is 5.22. The molecule has 1 saturated carbocycles. The van der Waals surface area contributed by atoms with Gasteiger partial charge in [0.05, 0.1) is 6.10 Å². The van der Waals surface area contributed by atoms with Crippen LogP contribution in [0.25, 0.3) is 0 Å². The molecule has 3 unspecified atom stereocenters. The second kappa shape index (κ2) is 2.34. The van der Waals surface area contributed by atoms with Crippen LogP contribution in [0, 0.1) is 11.3 Å². The summed E-state index contributed by atoms with van der Waals surface area (Å²) in [7, 11) is 0. The molecular formula is C10H16O. The topological polar surface area (TPSA) is 20.2 Å². The van der Waals surface area contributed by atoms with Crippen LogP contribution in [0.4, 0.5) is 0 Å². The molecule has 1 N–H and O–H groups in total. The van der Waals surface area contributed by atoms with Crippen molar-refractivity contribution in [3.05, 3.63) is 12.2 Å². The normalized spacial score (nSPS) is 49.3. The van der Waals surface area contributed by atoms with Crippen LogP contribution in [0.1, 0.15) is 32.6 Å². The van der Waals surface area contributed by atoms with Gasteiger partial charge in [0.2, 0.25) is 0 Å². The summed E-state index contributed by atoms with van der Waals surface area (Å²) in [5, 5.41) is 9.70. The Hall–Kier alpha value is -0.300. The first-order valence-electron chi connectivity index (χ1n) is 4.58. The van der Waals surface area contributed by atoms with E-state index in [1.54, 1.807) is 0 Å². The van der Waals surface area contributed by atoms with E-state index in [2.05, 4.69) is 19.1 Å². The summed E-state index contributed by atoms with van der Waals surface area (Å²) < 4.78 is 0. The molecule has 11 heavy (non-hydrogen) atoms. The lowest BCUT2D eigenvalue weighted by atomic mass is 9.68. The SMILES string of the molecule is CC12C=CCC1C(O)CCC2. The van der Waals surface area contributed by atoms with Crippen LogP contribution in [0.2, 0.25) is 0 Å². The minimum atomic E-state index is -0.0382. The van der Waals surface area contributed by atoms with Crippen molar-refractivity contribution in [1.82, 2.24) is 0 Å². The Kier molecular flexibility index (Phi) is 1.57. The third-order valence-electron chi connectivity index (χ3n) is 3.42. The molecule has 62 valence electrons. The lowest BCUT2D eigenvalue weighted by Gasteiger charge is -2.38. The van der Waals surface area contributed by atoms with Gasteiger partial charge in [-0.3, -0.25) is 0 Å². The molecule has 0 aliphatic heterocycles. The molecule has 1 fully saturated rings. The van der Waals surface area contributed by atoms with E-state index in [4.69, 9.17) is 0 Å². The standard InChI is InChI=1S/C10H16O/c1-10-6-2-4-8(10)9(11)5-3-7-10/h2,6,8-9,11H,3-5,7H2,1H3. The van der Waals surface area contributed by atoms with Crippen molar-refractivity contribution in [2.24, 2.45) is 11.3 Å². The molecule has 1 nitrogen and oxygen atoms in total. The van der Waals surface area contributed by atoms with Crippen molar-refractivity contribution < 1.29 is 5.11 Å². The maximum atomic E-state index is 9.70. The van der Waals surface area contributed by atoms with E-state index in [1.807, 2.05) is 0 Å². The van der Waals surface area contributed by atoms with E-state index >= 15 is 0 Å². The van der Waals surface area contributed by atoms with Crippen LogP contribution >= 0.6 is 0 Å². The number of allylic oxidation sites excluding steroid dienone is 2. The molecule has 0 spiro atoms. The van der Waals surface area contributed by atoms with Crippen LogP contribution in [0.5, 0.6) is 0 Å². The zero-order valence-corrected chi connectivity index (χ0v) is 7.09. The third kappa shape index (κ3) is 1.02. The molecule has 0 aromatic rings. The maximum Gasteiger partial charge on any atom is 0.0579 e. The zero-order chi connectivity index (χ0) is 7.90. The van der Waals surface area contributed by atoms with Crippen LogP contribution in [0.15, 0.2) is 12.2 Å². The van der Waals surface area contributed by atoms with Gasteiger partial charge >= 0.3 is 0 Å². The van der Waals surface area contributed by atoms with Gasteiger partial charge in [-0.25, -0.2) is 0 Å². The fourth-order valence-electron chi connectivity index (χ4n) is 2.64.